The first-order chi connectivity index (χ1) is 21.4. The normalized spacial score (nSPS) is 28.5. The number of aromatic amines is 2. The molecule has 2 saturated heterocycles. The number of carbonyl (C=O) groups excluding carboxylic acids is 1. The van der Waals surface area contributed by atoms with Crippen LogP contribution < -0.4 is 33.5 Å². The largest absolute Gasteiger partial charge is 0.409 e. The van der Waals surface area contributed by atoms with E-state index in [1.807, 2.05) is 0 Å². The van der Waals surface area contributed by atoms with Crippen LogP contribution in [0.25, 0.3) is 0 Å². The molecule has 16 nitrogen and oxygen atoms in total. The standard InChI is InChI=1S/C29H46N6O10Si/c1-14-12-34(27(40)32-23(14)38)25-21(45-46(7,8)29(3,4)5)16(17(10-30)43-25)9-19(36)31-11-18-20(37)22(42-6)26(44-18)35-13-15(2)24(39)33-28(35)41/h12-13,16-18,20-22,25-26,37H,9-11,30H2,1-8H3,(H,31,36)(H,32,38,40)(H,33,39,41)/t16-,17-,18-,20-,21-,22-,25-,26-/m1/s1. The number of hydrogen-bond donors (Lipinski definition) is 5. The predicted molar refractivity (Wildman–Crippen MR) is 169 cm³/mol. The van der Waals surface area contributed by atoms with Crippen LogP contribution in [0.2, 0.25) is 18.1 Å². The smallest absolute Gasteiger partial charge is 0.330 e. The Labute approximate surface area is 266 Å². The zero-order valence-electron chi connectivity index (χ0n) is 27.5. The van der Waals surface area contributed by atoms with Gasteiger partial charge in [0, 0.05) is 56.1 Å². The number of hydrogen-bond acceptors (Lipinski definition) is 11. The molecule has 4 rings (SSSR count). The van der Waals surface area contributed by atoms with Gasteiger partial charge in [-0.2, -0.15) is 0 Å². The zero-order chi connectivity index (χ0) is 34.3. The van der Waals surface area contributed by atoms with E-state index in [-0.39, 0.29) is 30.1 Å². The van der Waals surface area contributed by atoms with Gasteiger partial charge in [-0.05, 0) is 32.0 Å². The van der Waals surface area contributed by atoms with Gasteiger partial charge in [0.25, 0.3) is 11.1 Å². The molecule has 1 amide bonds. The fourth-order valence-electron chi connectivity index (χ4n) is 5.56. The Morgan fingerprint density at radius 2 is 1.48 bits per heavy atom. The highest BCUT2D eigenvalue weighted by molar-refractivity contribution is 6.74. The van der Waals surface area contributed by atoms with Crippen molar-refractivity contribution in [2.24, 2.45) is 11.7 Å². The van der Waals surface area contributed by atoms with E-state index in [4.69, 9.17) is 24.4 Å². The average Bonchev–Trinajstić information content (AvgIpc) is 3.46. The van der Waals surface area contributed by atoms with Crippen LogP contribution in [0.4, 0.5) is 0 Å². The van der Waals surface area contributed by atoms with Gasteiger partial charge in [0.2, 0.25) is 5.91 Å². The molecule has 0 saturated carbocycles. The monoisotopic (exact) mass is 666 g/mol. The predicted octanol–water partition coefficient (Wildman–Crippen LogP) is -0.654. The summed E-state index contributed by atoms with van der Waals surface area (Å²) >= 11 is 0. The molecule has 2 aliphatic heterocycles. The van der Waals surface area contributed by atoms with Crippen molar-refractivity contribution in [2.45, 2.75) is 102 Å². The lowest BCUT2D eigenvalue weighted by molar-refractivity contribution is -0.124. The summed E-state index contributed by atoms with van der Waals surface area (Å²) in [6.07, 6.45) is -3.89. The first-order valence-corrected chi connectivity index (χ1v) is 18.1. The molecule has 0 aromatic carbocycles. The molecule has 0 bridgehead atoms. The van der Waals surface area contributed by atoms with Crippen molar-refractivity contribution >= 4 is 14.2 Å². The van der Waals surface area contributed by atoms with Crippen LogP contribution in [0, 0.1) is 19.8 Å². The van der Waals surface area contributed by atoms with Crippen LogP contribution >= 0.6 is 0 Å². The number of rotatable bonds is 10. The first kappa shape index (κ1) is 35.7. The van der Waals surface area contributed by atoms with Gasteiger partial charge in [0.05, 0.1) is 12.2 Å². The lowest BCUT2D eigenvalue weighted by Gasteiger charge is -2.40. The van der Waals surface area contributed by atoms with Crippen LogP contribution in [-0.4, -0.2) is 89.2 Å². The van der Waals surface area contributed by atoms with Gasteiger partial charge in [-0.3, -0.25) is 33.5 Å². The van der Waals surface area contributed by atoms with E-state index in [0.717, 1.165) is 4.57 Å². The molecule has 8 atom stereocenters. The molecule has 4 heterocycles. The molecule has 2 fully saturated rings. The minimum atomic E-state index is -2.49. The van der Waals surface area contributed by atoms with Crippen molar-refractivity contribution < 1.29 is 28.5 Å². The van der Waals surface area contributed by atoms with E-state index < -0.39 is 85.6 Å². The zero-order valence-corrected chi connectivity index (χ0v) is 28.5. The minimum Gasteiger partial charge on any atom is -0.409 e. The van der Waals surface area contributed by atoms with Gasteiger partial charge in [0.15, 0.2) is 20.8 Å². The molecule has 2 aromatic rings. The van der Waals surface area contributed by atoms with Gasteiger partial charge in [-0.25, -0.2) is 9.59 Å². The molecule has 6 N–H and O–H groups in total. The van der Waals surface area contributed by atoms with E-state index in [2.05, 4.69) is 49.1 Å². The van der Waals surface area contributed by atoms with Crippen LogP contribution in [0.3, 0.4) is 0 Å². The molecule has 0 aliphatic carbocycles. The molecule has 0 spiro atoms. The number of nitrogens with one attached hydrogen (secondary N) is 3. The second kappa shape index (κ2) is 13.5. The third kappa shape index (κ3) is 7.04. The van der Waals surface area contributed by atoms with Crippen LogP contribution in [0.1, 0.15) is 50.8 Å². The van der Waals surface area contributed by atoms with Gasteiger partial charge >= 0.3 is 11.4 Å². The lowest BCUT2D eigenvalue weighted by Crippen LogP contribution is -2.49. The minimum absolute atomic E-state index is 0.0396. The molecule has 17 heteroatoms. The van der Waals surface area contributed by atoms with E-state index in [1.165, 1.54) is 31.0 Å². The molecule has 256 valence electrons. The molecule has 46 heavy (non-hydrogen) atoms. The number of aromatic nitrogens is 4. The van der Waals surface area contributed by atoms with Gasteiger partial charge < -0.3 is 34.8 Å². The highest BCUT2D eigenvalue weighted by Gasteiger charge is 2.51. The SMILES string of the molecule is CO[C@@H]1[C@H](O)[C@@H](CNC(=O)C[C@H]2[C@@H](O[Si](C)(C)C(C)(C)C)[C@H](n3cc(C)c(=O)[nH]c3=O)O[C@@H]2CN)O[C@H]1n1cc(C)c(=O)[nH]c1=O. The van der Waals surface area contributed by atoms with Crippen LogP contribution in [-0.2, 0) is 23.4 Å². The lowest BCUT2D eigenvalue weighted by atomic mass is 9.93. The van der Waals surface area contributed by atoms with Crippen molar-refractivity contribution in [3.05, 3.63) is 65.2 Å². The second-order valence-corrected chi connectivity index (χ2v) is 18.3. The van der Waals surface area contributed by atoms with E-state index in [0.29, 0.717) is 5.56 Å². The Morgan fingerprint density at radius 1 is 0.978 bits per heavy atom. The maximum Gasteiger partial charge on any atom is 0.330 e. The number of aliphatic hydroxyl groups is 1. The van der Waals surface area contributed by atoms with E-state index in [9.17, 15) is 29.1 Å². The summed E-state index contributed by atoms with van der Waals surface area (Å²) in [7, 11) is -1.13. The highest BCUT2D eigenvalue weighted by atomic mass is 28.4. The van der Waals surface area contributed by atoms with Crippen molar-refractivity contribution in [1.82, 2.24) is 24.4 Å². The average molecular weight is 667 g/mol. The van der Waals surface area contributed by atoms with Gasteiger partial charge in [-0.15, -0.1) is 0 Å². The third-order valence-electron chi connectivity index (χ3n) is 9.31. The van der Waals surface area contributed by atoms with E-state index >= 15 is 0 Å². The fraction of sp³-hybridized carbons (Fsp3) is 0.690. The second-order valence-electron chi connectivity index (χ2n) is 13.5. The topological polar surface area (TPSA) is 222 Å². The van der Waals surface area contributed by atoms with Gasteiger partial charge in [-0.1, -0.05) is 20.8 Å². The molecule has 0 radical (unpaired) electrons. The number of H-pyrrole nitrogens is 2. The summed E-state index contributed by atoms with van der Waals surface area (Å²) in [6.45, 7) is 13.3. The van der Waals surface area contributed by atoms with Crippen molar-refractivity contribution in [3.63, 3.8) is 0 Å². The number of amides is 1. The number of methoxy groups -OCH3 is 1. The number of aryl methyl sites for hydroxylation is 2. The Bertz CT molecular complexity index is 1660. The van der Waals surface area contributed by atoms with Crippen LogP contribution in [0.5, 0.6) is 0 Å². The van der Waals surface area contributed by atoms with Gasteiger partial charge in [0.1, 0.15) is 18.3 Å². The molecular weight excluding hydrogens is 620 g/mol. The van der Waals surface area contributed by atoms with Crippen molar-refractivity contribution in [2.75, 3.05) is 20.2 Å². The fourth-order valence-corrected chi connectivity index (χ4v) is 6.89. The Morgan fingerprint density at radius 3 is 1.96 bits per heavy atom. The summed E-state index contributed by atoms with van der Waals surface area (Å²) in [6, 6.07) is 0. The number of nitrogens with two attached hydrogens (primary N) is 1. The van der Waals surface area contributed by atoms with E-state index in [1.54, 1.807) is 6.92 Å². The number of aliphatic hydroxyl groups excluding tert-OH is 1. The Hall–Kier alpha value is -3.19. The number of carbonyl (C=O) groups is 1. The maximum atomic E-state index is 13.4. The summed E-state index contributed by atoms with van der Waals surface area (Å²) in [4.78, 5) is 67.3. The molecule has 0 unspecified atom stereocenters. The molecule has 2 aliphatic rings. The quantitative estimate of drug-likeness (QED) is 0.200. The molecule has 2 aromatic heterocycles. The number of ether oxygens (including phenoxy) is 3. The Balaban J connectivity index is 1.56. The number of nitrogens with zero attached hydrogens (tertiary/aromatic N) is 2. The summed E-state index contributed by atoms with van der Waals surface area (Å²) in [5.41, 5.74) is 4.23. The highest BCUT2D eigenvalue weighted by Crippen LogP contribution is 2.44. The Kier molecular flexibility index (Phi) is 10.5. The summed E-state index contributed by atoms with van der Waals surface area (Å²) < 4.78 is 26.9. The van der Waals surface area contributed by atoms with Crippen molar-refractivity contribution in [1.29, 1.82) is 0 Å². The summed E-state index contributed by atoms with van der Waals surface area (Å²) in [5.74, 6) is -0.980. The molecular formula is C29H46N6O10Si. The van der Waals surface area contributed by atoms with Crippen molar-refractivity contribution in [3.8, 4) is 0 Å². The summed E-state index contributed by atoms with van der Waals surface area (Å²) in [5, 5.41) is 13.5. The maximum absolute atomic E-state index is 13.4. The first-order valence-electron chi connectivity index (χ1n) is 15.2. The third-order valence-corrected chi connectivity index (χ3v) is 13.8. The van der Waals surface area contributed by atoms with Crippen LogP contribution in [0.15, 0.2) is 31.6 Å².